The van der Waals surface area contributed by atoms with Crippen LogP contribution in [0.3, 0.4) is 0 Å². The fourth-order valence-electron chi connectivity index (χ4n) is 2.78. The van der Waals surface area contributed by atoms with E-state index < -0.39 is 17.5 Å². The summed E-state index contributed by atoms with van der Waals surface area (Å²) in [5, 5.41) is 26.0. The Balaban J connectivity index is 2.11. The highest BCUT2D eigenvalue weighted by Gasteiger charge is 2.58. The molecular weight excluding hydrogens is 300 g/mol. The number of carbonyl (C=O) groups excluding carboxylic acids is 1. The number of hydrogen-bond acceptors (Lipinski definition) is 5. The average molecular weight is 316 g/mol. The van der Waals surface area contributed by atoms with Gasteiger partial charge in [0.25, 0.3) is 5.78 Å². The van der Waals surface area contributed by atoms with Gasteiger partial charge in [-0.25, -0.2) is 0 Å². The first kappa shape index (κ1) is 14.9. The predicted octanol–water partition coefficient (Wildman–Crippen LogP) is 2.74. The molecule has 1 aliphatic rings. The van der Waals surface area contributed by atoms with Crippen molar-refractivity contribution in [3.05, 3.63) is 63.5 Å². The van der Waals surface area contributed by atoms with Gasteiger partial charge >= 0.3 is 5.66 Å². The summed E-state index contributed by atoms with van der Waals surface area (Å²) < 4.78 is 0.638. The molecule has 0 radical (unpaired) electrons. The number of carbonyl (C=O) groups is 1. The largest absolute Gasteiger partial charge is 0.622 e. The number of rotatable bonds is 3. The molecule has 1 aromatic heterocycles. The van der Waals surface area contributed by atoms with Gasteiger partial charge in [0, 0.05) is 12.5 Å². The number of nitrogens with zero attached hydrogens (tertiary/aromatic N) is 2. The molecule has 6 heteroatoms. The van der Waals surface area contributed by atoms with E-state index in [0.717, 1.165) is 9.94 Å². The molecule has 5 nitrogen and oxygen atoms in total. The zero-order valence-electron chi connectivity index (χ0n) is 12.3. The van der Waals surface area contributed by atoms with Crippen LogP contribution in [0.5, 0.6) is 0 Å². The van der Waals surface area contributed by atoms with Crippen LogP contribution >= 0.6 is 11.3 Å². The van der Waals surface area contributed by atoms with Crippen molar-refractivity contribution in [2.75, 3.05) is 0 Å². The molecule has 2 unspecified atom stereocenters. The van der Waals surface area contributed by atoms with Crippen molar-refractivity contribution in [3.8, 4) is 0 Å². The molecule has 0 saturated carbocycles. The SMILES string of the molecule is CC1C(c2cccs2)=[N+]([O-])C(C)(C(=O)c2ccccc2)N1O. The predicted molar refractivity (Wildman–Crippen MR) is 84.3 cm³/mol. The third kappa shape index (κ3) is 1.99. The maximum absolute atomic E-state index is 12.8. The molecule has 3 rings (SSSR count). The van der Waals surface area contributed by atoms with E-state index in [9.17, 15) is 15.2 Å². The van der Waals surface area contributed by atoms with Crippen LogP contribution in [0, 0.1) is 5.21 Å². The van der Waals surface area contributed by atoms with Gasteiger partial charge in [-0.15, -0.1) is 16.4 Å². The number of Topliss-reactive ketones (excluding diaryl/α,β-unsaturated/α-hetero) is 1. The Kier molecular flexibility index (Phi) is 3.60. The second kappa shape index (κ2) is 5.31. The lowest BCUT2D eigenvalue weighted by molar-refractivity contribution is -0.561. The quantitative estimate of drug-likeness (QED) is 0.537. The first-order valence-corrected chi connectivity index (χ1v) is 7.82. The summed E-state index contributed by atoms with van der Waals surface area (Å²) in [5.74, 6) is -0.427. The molecule has 0 aliphatic carbocycles. The van der Waals surface area contributed by atoms with Crippen molar-refractivity contribution in [3.63, 3.8) is 0 Å². The van der Waals surface area contributed by atoms with Crippen molar-refractivity contribution in [2.24, 2.45) is 0 Å². The Bertz CT molecular complexity index is 727. The standard InChI is InChI=1S/C16H16N2O3S/c1-11-14(13-9-6-10-22-13)18(21)16(2,17(11)20)15(19)12-7-4-3-5-8-12/h3-11,20H,1-2H3. The van der Waals surface area contributed by atoms with Gasteiger partial charge in [-0.2, -0.15) is 4.74 Å². The monoisotopic (exact) mass is 316 g/mol. The smallest absolute Gasteiger partial charge is 0.312 e. The molecule has 2 heterocycles. The molecule has 1 N–H and O–H groups in total. The minimum absolute atomic E-state index is 0.393. The third-order valence-corrected chi connectivity index (χ3v) is 4.96. The van der Waals surface area contributed by atoms with Gasteiger partial charge in [-0.1, -0.05) is 36.4 Å². The Hall–Kier alpha value is -2.02. The van der Waals surface area contributed by atoms with E-state index in [1.807, 2.05) is 17.5 Å². The fourth-order valence-corrected chi connectivity index (χ4v) is 3.61. The summed E-state index contributed by atoms with van der Waals surface area (Å²) >= 11 is 1.41. The van der Waals surface area contributed by atoms with E-state index in [0.29, 0.717) is 16.0 Å². The summed E-state index contributed by atoms with van der Waals surface area (Å²) in [4.78, 5) is 13.6. The number of hydrogen-bond donors (Lipinski definition) is 1. The van der Waals surface area contributed by atoms with Crippen molar-refractivity contribution in [2.45, 2.75) is 25.6 Å². The van der Waals surface area contributed by atoms with E-state index in [1.54, 1.807) is 37.3 Å². The van der Waals surface area contributed by atoms with Gasteiger partial charge < -0.3 is 10.4 Å². The highest BCUT2D eigenvalue weighted by Crippen LogP contribution is 2.32. The summed E-state index contributed by atoms with van der Waals surface area (Å²) in [6, 6.07) is 11.6. The molecule has 0 bridgehead atoms. The van der Waals surface area contributed by atoms with Crippen LogP contribution in [-0.2, 0) is 0 Å². The first-order valence-electron chi connectivity index (χ1n) is 6.94. The lowest BCUT2D eigenvalue weighted by Crippen LogP contribution is -2.54. The molecule has 22 heavy (non-hydrogen) atoms. The average Bonchev–Trinajstić information content (AvgIpc) is 3.12. The van der Waals surface area contributed by atoms with Crippen LogP contribution in [0.1, 0.15) is 29.1 Å². The van der Waals surface area contributed by atoms with Crippen LogP contribution < -0.4 is 0 Å². The van der Waals surface area contributed by atoms with E-state index in [-0.39, 0.29) is 0 Å². The molecule has 0 amide bonds. The molecule has 2 aromatic rings. The first-order chi connectivity index (χ1) is 10.5. The van der Waals surface area contributed by atoms with E-state index >= 15 is 0 Å². The molecular formula is C16H16N2O3S. The Morgan fingerprint density at radius 1 is 1.32 bits per heavy atom. The number of ketones is 1. The minimum Gasteiger partial charge on any atom is -0.622 e. The van der Waals surface area contributed by atoms with Gasteiger partial charge in [0.2, 0.25) is 5.71 Å². The second-order valence-electron chi connectivity index (χ2n) is 5.39. The van der Waals surface area contributed by atoms with Crippen LogP contribution in [0.25, 0.3) is 0 Å². The molecule has 0 fully saturated rings. The summed E-state index contributed by atoms with van der Waals surface area (Å²) in [5.41, 5.74) is -0.867. The Morgan fingerprint density at radius 3 is 2.59 bits per heavy atom. The highest BCUT2D eigenvalue weighted by molar-refractivity contribution is 7.12. The van der Waals surface area contributed by atoms with Crippen molar-refractivity contribution in [1.82, 2.24) is 5.06 Å². The van der Waals surface area contributed by atoms with Crippen molar-refractivity contribution in [1.29, 1.82) is 0 Å². The maximum atomic E-state index is 12.8. The lowest BCUT2D eigenvalue weighted by atomic mass is 10.00. The van der Waals surface area contributed by atoms with Crippen LogP contribution in [0.2, 0.25) is 0 Å². The van der Waals surface area contributed by atoms with Crippen LogP contribution in [0.15, 0.2) is 47.8 Å². The maximum Gasteiger partial charge on any atom is 0.312 e. The Morgan fingerprint density at radius 2 is 2.00 bits per heavy atom. The molecule has 114 valence electrons. The highest BCUT2D eigenvalue weighted by atomic mass is 32.1. The second-order valence-corrected chi connectivity index (χ2v) is 6.34. The van der Waals surface area contributed by atoms with Crippen LogP contribution in [0.4, 0.5) is 0 Å². The third-order valence-electron chi connectivity index (χ3n) is 4.06. The van der Waals surface area contributed by atoms with Gasteiger partial charge in [-0.05, 0) is 18.4 Å². The van der Waals surface area contributed by atoms with Gasteiger partial charge in [0.15, 0.2) is 0 Å². The topological polar surface area (TPSA) is 66.6 Å². The molecule has 1 aromatic carbocycles. The molecule has 1 aliphatic heterocycles. The minimum atomic E-state index is -1.67. The van der Waals surface area contributed by atoms with Crippen molar-refractivity contribution < 1.29 is 14.7 Å². The number of hydroxylamine groups is 3. The van der Waals surface area contributed by atoms with E-state index in [1.165, 1.54) is 18.3 Å². The fraction of sp³-hybridized carbons (Fsp3) is 0.250. The molecule has 2 atom stereocenters. The molecule has 0 saturated heterocycles. The van der Waals surface area contributed by atoms with Crippen molar-refractivity contribution >= 4 is 22.8 Å². The van der Waals surface area contributed by atoms with E-state index in [4.69, 9.17) is 0 Å². The van der Waals surface area contributed by atoms with Gasteiger partial charge in [0.1, 0.15) is 6.04 Å². The summed E-state index contributed by atoms with van der Waals surface area (Å²) in [6.07, 6.45) is 0. The normalized spacial score (nSPS) is 25.7. The Labute approximate surface area is 132 Å². The van der Waals surface area contributed by atoms with E-state index in [2.05, 4.69) is 0 Å². The number of thiophene rings is 1. The lowest BCUT2D eigenvalue weighted by Gasteiger charge is -2.27. The van der Waals surface area contributed by atoms with Crippen LogP contribution in [-0.4, -0.2) is 38.2 Å². The van der Waals surface area contributed by atoms with Gasteiger partial charge in [0.05, 0.1) is 4.88 Å². The number of benzene rings is 1. The zero-order valence-corrected chi connectivity index (χ0v) is 13.1. The van der Waals surface area contributed by atoms with Gasteiger partial charge in [-0.3, -0.25) is 4.79 Å². The zero-order chi connectivity index (χ0) is 15.9. The molecule has 0 spiro atoms. The summed E-state index contributed by atoms with van der Waals surface area (Å²) in [7, 11) is 0. The summed E-state index contributed by atoms with van der Waals surface area (Å²) in [6.45, 7) is 3.16.